The maximum absolute atomic E-state index is 12.0. The molecular weight excluding hydrogens is 304 g/mol. The lowest BCUT2D eigenvalue weighted by atomic mass is 10.1. The lowest BCUT2D eigenvalue weighted by Gasteiger charge is -2.25. The highest BCUT2D eigenvalue weighted by atomic mass is 16.4. The van der Waals surface area contributed by atoms with Crippen LogP contribution in [0.3, 0.4) is 0 Å². The van der Waals surface area contributed by atoms with Gasteiger partial charge in [0.1, 0.15) is 0 Å². The van der Waals surface area contributed by atoms with Crippen molar-refractivity contribution < 1.29 is 14.7 Å². The van der Waals surface area contributed by atoms with Crippen molar-refractivity contribution in [3.63, 3.8) is 0 Å². The molecule has 5 heteroatoms. The highest BCUT2D eigenvalue weighted by Gasteiger charge is 2.34. The molecule has 1 amide bonds. The summed E-state index contributed by atoms with van der Waals surface area (Å²) in [5, 5.41) is 9.09. The number of unbranched alkanes of at least 4 members (excludes halogenated alkanes) is 2. The molecule has 1 fully saturated rings. The van der Waals surface area contributed by atoms with Gasteiger partial charge in [0.05, 0.1) is 5.92 Å². The summed E-state index contributed by atoms with van der Waals surface area (Å²) < 4.78 is 0. The number of rotatable bonds is 9. The molecule has 0 aromatic heterocycles. The van der Waals surface area contributed by atoms with Gasteiger partial charge in [0.2, 0.25) is 5.91 Å². The Morgan fingerprint density at radius 3 is 2.21 bits per heavy atom. The molecule has 0 spiro atoms. The molecule has 24 heavy (non-hydrogen) atoms. The highest BCUT2D eigenvalue weighted by Crippen LogP contribution is 2.27. The summed E-state index contributed by atoms with van der Waals surface area (Å²) in [7, 11) is 0. The first-order chi connectivity index (χ1) is 11.6. The quantitative estimate of drug-likeness (QED) is 0.751. The Morgan fingerprint density at radius 2 is 1.75 bits per heavy atom. The van der Waals surface area contributed by atoms with Gasteiger partial charge >= 0.3 is 5.97 Å². The standard InChI is InChI=1S/C19H28N2O3/c1-3-5-11-20(12-6-4-2)16-7-9-17(10-8-16)21-14-15(19(23)24)13-18(21)22/h7-10,15H,3-6,11-14H2,1-2H3,(H,23,24)/t15-/m1/s1. The van der Waals surface area contributed by atoms with Crippen LogP contribution < -0.4 is 9.80 Å². The van der Waals surface area contributed by atoms with Crippen molar-refractivity contribution in [3.8, 4) is 0 Å². The lowest BCUT2D eigenvalue weighted by Crippen LogP contribution is -2.27. The molecular formula is C19H28N2O3. The van der Waals surface area contributed by atoms with E-state index in [1.54, 1.807) is 4.90 Å². The van der Waals surface area contributed by atoms with Crippen LogP contribution >= 0.6 is 0 Å². The number of hydrogen-bond acceptors (Lipinski definition) is 3. The summed E-state index contributed by atoms with van der Waals surface area (Å²) in [5.41, 5.74) is 1.96. The minimum atomic E-state index is -0.896. The molecule has 0 bridgehead atoms. The third-order valence-electron chi connectivity index (χ3n) is 4.56. The van der Waals surface area contributed by atoms with Crippen LogP contribution in [-0.2, 0) is 9.59 Å². The SMILES string of the molecule is CCCCN(CCCC)c1ccc(N2C[C@H](C(=O)O)CC2=O)cc1. The molecule has 132 valence electrons. The average Bonchev–Trinajstić information content (AvgIpc) is 2.97. The third-order valence-corrected chi connectivity index (χ3v) is 4.56. The van der Waals surface area contributed by atoms with Crippen LogP contribution in [0.1, 0.15) is 46.0 Å². The van der Waals surface area contributed by atoms with E-state index in [1.165, 1.54) is 18.5 Å². The smallest absolute Gasteiger partial charge is 0.308 e. The average molecular weight is 332 g/mol. The first-order valence-corrected chi connectivity index (χ1v) is 8.95. The highest BCUT2D eigenvalue weighted by molar-refractivity contribution is 5.99. The number of carbonyl (C=O) groups is 2. The van der Waals surface area contributed by atoms with Crippen LogP contribution in [0.5, 0.6) is 0 Å². The number of benzene rings is 1. The number of carboxylic acids is 1. The second-order valence-electron chi connectivity index (χ2n) is 6.45. The molecule has 0 radical (unpaired) electrons. The summed E-state index contributed by atoms with van der Waals surface area (Å²) in [6, 6.07) is 7.95. The number of carboxylic acid groups (broad SMARTS) is 1. The van der Waals surface area contributed by atoms with E-state index in [2.05, 4.69) is 18.7 Å². The summed E-state index contributed by atoms with van der Waals surface area (Å²) in [6.45, 7) is 6.74. The number of carbonyl (C=O) groups excluding carboxylic acids is 1. The number of anilines is 2. The van der Waals surface area contributed by atoms with Crippen molar-refractivity contribution in [1.29, 1.82) is 0 Å². The second-order valence-corrected chi connectivity index (χ2v) is 6.45. The van der Waals surface area contributed by atoms with Gasteiger partial charge in [0.15, 0.2) is 0 Å². The van der Waals surface area contributed by atoms with Crippen molar-refractivity contribution in [2.24, 2.45) is 5.92 Å². The minimum Gasteiger partial charge on any atom is -0.481 e. The Morgan fingerprint density at radius 1 is 1.17 bits per heavy atom. The molecule has 2 rings (SSSR count). The van der Waals surface area contributed by atoms with E-state index in [4.69, 9.17) is 5.11 Å². The molecule has 0 saturated carbocycles. The van der Waals surface area contributed by atoms with E-state index >= 15 is 0 Å². The van der Waals surface area contributed by atoms with Crippen molar-refractivity contribution in [3.05, 3.63) is 24.3 Å². The van der Waals surface area contributed by atoms with Gasteiger partial charge in [-0.3, -0.25) is 9.59 Å². The minimum absolute atomic E-state index is 0.0935. The van der Waals surface area contributed by atoms with Gasteiger partial charge in [-0.1, -0.05) is 26.7 Å². The van der Waals surface area contributed by atoms with Gasteiger partial charge in [-0.15, -0.1) is 0 Å². The van der Waals surface area contributed by atoms with Crippen LogP contribution in [0.25, 0.3) is 0 Å². The predicted octanol–water partition coefficient (Wildman–Crippen LogP) is 3.53. The van der Waals surface area contributed by atoms with Crippen molar-refractivity contribution >= 4 is 23.3 Å². The molecule has 1 aliphatic heterocycles. The van der Waals surface area contributed by atoms with Gasteiger partial charge < -0.3 is 14.9 Å². The molecule has 0 aliphatic carbocycles. The van der Waals surface area contributed by atoms with Crippen LogP contribution in [0, 0.1) is 5.92 Å². The van der Waals surface area contributed by atoms with Crippen molar-refractivity contribution in [2.45, 2.75) is 46.0 Å². The van der Waals surface area contributed by atoms with Crippen LogP contribution in [0.15, 0.2) is 24.3 Å². The van der Waals surface area contributed by atoms with Crippen LogP contribution in [0.2, 0.25) is 0 Å². The molecule has 1 atom stereocenters. The molecule has 1 aromatic rings. The molecule has 1 heterocycles. The zero-order chi connectivity index (χ0) is 17.5. The lowest BCUT2D eigenvalue weighted by molar-refractivity contribution is -0.141. The van der Waals surface area contributed by atoms with E-state index < -0.39 is 11.9 Å². The van der Waals surface area contributed by atoms with E-state index in [0.29, 0.717) is 0 Å². The molecule has 1 N–H and O–H groups in total. The van der Waals surface area contributed by atoms with Gasteiger partial charge in [-0.2, -0.15) is 0 Å². The zero-order valence-corrected chi connectivity index (χ0v) is 14.7. The van der Waals surface area contributed by atoms with E-state index in [1.807, 2.05) is 24.3 Å². The number of amides is 1. The summed E-state index contributed by atoms with van der Waals surface area (Å²) in [5.74, 6) is -1.60. The number of nitrogens with zero attached hydrogens (tertiary/aromatic N) is 2. The van der Waals surface area contributed by atoms with Gasteiger partial charge in [0.25, 0.3) is 0 Å². The molecule has 1 aromatic carbocycles. The van der Waals surface area contributed by atoms with Gasteiger partial charge in [-0.25, -0.2) is 0 Å². The molecule has 1 aliphatic rings. The maximum Gasteiger partial charge on any atom is 0.308 e. The Bertz CT molecular complexity index is 548. The Labute approximate surface area is 144 Å². The first-order valence-electron chi connectivity index (χ1n) is 8.95. The van der Waals surface area contributed by atoms with Crippen LogP contribution in [0.4, 0.5) is 11.4 Å². The predicted molar refractivity (Wildman–Crippen MR) is 96.6 cm³/mol. The van der Waals surface area contributed by atoms with Crippen molar-refractivity contribution in [1.82, 2.24) is 0 Å². The normalized spacial score (nSPS) is 17.3. The van der Waals surface area contributed by atoms with E-state index in [9.17, 15) is 9.59 Å². The Balaban J connectivity index is 2.08. The monoisotopic (exact) mass is 332 g/mol. The number of aliphatic carboxylic acids is 1. The molecule has 0 unspecified atom stereocenters. The summed E-state index contributed by atoms with van der Waals surface area (Å²) >= 11 is 0. The third kappa shape index (κ3) is 4.49. The molecule has 1 saturated heterocycles. The second kappa shape index (κ2) is 8.71. The van der Waals surface area contributed by atoms with E-state index in [-0.39, 0.29) is 18.9 Å². The fourth-order valence-electron chi connectivity index (χ4n) is 3.03. The number of hydrogen-bond donors (Lipinski definition) is 1. The largest absolute Gasteiger partial charge is 0.481 e. The van der Waals surface area contributed by atoms with E-state index in [0.717, 1.165) is 31.6 Å². The van der Waals surface area contributed by atoms with Crippen molar-refractivity contribution in [2.75, 3.05) is 29.4 Å². The first kappa shape index (κ1) is 18.3. The van der Waals surface area contributed by atoms with Crippen LogP contribution in [-0.4, -0.2) is 36.6 Å². The fraction of sp³-hybridized carbons (Fsp3) is 0.579. The maximum atomic E-state index is 12.0. The molecule has 5 nitrogen and oxygen atoms in total. The van der Waals surface area contributed by atoms with Gasteiger partial charge in [-0.05, 0) is 37.1 Å². The van der Waals surface area contributed by atoms with Gasteiger partial charge in [0, 0.05) is 37.4 Å². The Kier molecular flexibility index (Phi) is 6.64. The summed E-state index contributed by atoms with van der Waals surface area (Å²) in [6.07, 6.45) is 4.75. The summed E-state index contributed by atoms with van der Waals surface area (Å²) in [4.78, 5) is 27.1. The fourth-order valence-corrected chi connectivity index (χ4v) is 3.03. The Hall–Kier alpha value is -2.04. The zero-order valence-electron chi connectivity index (χ0n) is 14.7. The topological polar surface area (TPSA) is 60.9 Å².